The molecule has 2 aromatic heterocycles. The van der Waals surface area contributed by atoms with E-state index in [1.807, 2.05) is 13.8 Å². The van der Waals surface area contributed by atoms with Crippen molar-refractivity contribution >= 4 is 23.6 Å². The van der Waals surface area contributed by atoms with E-state index in [9.17, 15) is 23.2 Å². The summed E-state index contributed by atoms with van der Waals surface area (Å²) in [6.45, 7) is 4.63. The Hall–Kier alpha value is -4.57. The molecule has 0 aliphatic carbocycles. The first kappa shape index (κ1) is 30.9. The van der Waals surface area contributed by atoms with Crippen molar-refractivity contribution in [2.24, 2.45) is 5.92 Å². The molecular formula is C31H33F3N8O2. The number of halogens is 3. The fourth-order valence-electron chi connectivity index (χ4n) is 5.60. The number of carbonyl (C=O) groups excluding carboxylic acids is 1. The van der Waals surface area contributed by atoms with Gasteiger partial charge < -0.3 is 15.5 Å². The number of nitrogens with one attached hydrogen (secondary N) is 2. The number of likely N-dealkylation sites (tertiary alicyclic amines) is 1. The van der Waals surface area contributed by atoms with E-state index in [1.54, 1.807) is 23.1 Å². The second-order valence-corrected chi connectivity index (χ2v) is 11.3. The molecule has 1 saturated heterocycles. The van der Waals surface area contributed by atoms with E-state index < -0.39 is 12.2 Å². The molecule has 230 valence electrons. The maximum absolute atomic E-state index is 13.3. The quantitative estimate of drug-likeness (QED) is 0.315. The number of rotatable bonds is 10. The number of piperidine rings is 1. The molecule has 1 fully saturated rings. The Morgan fingerprint density at radius 2 is 1.95 bits per heavy atom. The molecular weight excluding hydrogens is 573 g/mol. The van der Waals surface area contributed by atoms with Gasteiger partial charge in [0.1, 0.15) is 23.5 Å². The number of alkyl halides is 2. The molecule has 5 rings (SSSR count). The number of aromatic nitrogens is 3. The maximum atomic E-state index is 13.3. The Morgan fingerprint density at radius 1 is 1.23 bits per heavy atom. The van der Waals surface area contributed by atoms with Crippen LogP contribution in [-0.4, -0.2) is 70.7 Å². The Bertz CT molecular complexity index is 1570. The highest BCUT2D eigenvalue weighted by molar-refractivity contribution is 6.00. The van der Waals surface area contributed by atoms with Crippen molar-refractivity contribution in [1.29, 1.82) is 10.7 Å². The highest BCUT2D eigenvalue weighted by Gasteiger charge is 2.29. The molecule has 2 aliphatic rings. The lowest BCUT2D eigenvalue weighted by atomic mass is 9.91. The predicted octanol–water partition coefficient (Wildman–Crippen LogP) is 4.81. The topological polar surface area (TPSA) is 131 Å². The van der Waals surface area contributed by atoms with Gasteiger partial charge in [0.05, 0.1) is 42.4 Å². The summed E-state index contributed by atoms with van der Waals surface area (Å²) >= 11 is 0. The van der Waals surface area contributed by atoms with E-state index in [2.05, 4.69) is 21.4 Å². The number of anilines is 2. The zero-order valence-electron chi connectivity index (χ0n) is 24.5. The third-order valence-corrected chi connectivity index (χ3v) is 7.66. The summed E-state index contributed by atoms with van der Waals surface area (Å²) in [5.74, 6) is 0.414. The number of carbonyl (C=O) groups is 1. The van der Waals surface area contributed by atoms with Gasteiger partial charge in [0.25, 0.3) is 12.3 Å². The molecule has 0 unspecified atom stereocenters. The van der Waals surface area contributed by atoms with Crippen molar-refractivity contribution in [3.63, 3.8) is 0 Å². The van der Waals surface area contributed by atoms with Crippen molar-refractivity contribution < 1.29 is 22.7 Å². The Balaban J connectivity index is 1.52. The first-order valence-electron chi connectivity index (χ1n) is 14.4. The number of ether oxygens (including phenoxy) is 1. The number of fused-ring (bicyclic) bond motifs is 1. The van der Waals surface area contributed by atoms with Gasteiger partial charge >= 0.3 is 0 Å². The van der Waals surface area contributed by atoms with Crippen LogP contribution >= 0.6 is 0 Å². The summed E-state index contributed by atoms with van der Waals surface area (Å²) in [6.07, 6.45) is 2.65. The fourth-order valence-corrected chi connectivity index (χ4v) is 5.60. The third kappa shape index (κ3) is 6.81. The summed E-state index contributed by atoms with van der Waals surface area (Å²) in [7, 11) is 0. The van der Waals surface area contributed by atoms with Crippen LogP contribution in [0.5, 0.6) is 5.75 Å². The number of nitriles is 1. The first-order chi connectivity index (χ1) is 21.2. The van der Waals surface area contributed by atoms with Crippen molar-refractivity contribution in [2.45, 2.75) is 52.1 Å². The average molecular weight is 607 g/mol. The second-order valence-electron chi connectivity index (χ2n) is 11.3. The largest absolute Gasteiger partial charge is 0.482 e. The van der Waals surface area contributed by atoms with E-state index in [0.717, 1.165) is 12.4 Å². The van der Waals surface area contributed by atoms with E-state index in [0.29, 0.717) is 77.6 Å². The normalized spacial score (nSPS) is 15.7. The van der Waals surface area contributed by atoms with Crippen LogP contribution in [0.2, 0.25) is 0 Å². The van der Waals surface area contributed by atoms with Gasteiger partial charge in [-0.15, -0.1) is 0 Å². The van der Waals surface area contributed by atoms with Crippen LogP contribution in [0.15, 0.2) is 30.6 Å². The van der Waals surface area contributed by atoms with Crippen LogP contribution in [0.3, 0.4) is 0 Å². The van der Waals surface area contributed by atoms with Crippen LogP contribution in [0.4, 0.5) is 24.7 Å². The molecule has 0 saturated carbocycles. The molecule has 1 amide bonds. The smallest absolute Gasteiger partial charge is 0.265 e. The minimum absolute atomic E-state index is 0.0159. The van der Waals surface area contributed by atoms with E-state index in [-0.39, 0.29) is 43.4 Å². The standard InChI is InChI=1S/C31H33F3N8O2/c1-18(2)9-24-22(11-35)30(23(12-36)31(40-24)39-21-5-7-41(8-6-21)15-27(33)34)19-3-4-25-26(10-19)44-17-29(43)42(25)16-28-37-13-20(32)14-38-28/h3-4,10,12-14,18,21,27,36H,5-9,15-17H2,1-2H3,(H,39,40). The molecule has 2 aliphatic heterocycles. The summed E-state index contributed by atoms with van der Waals surface area (Å²) in [4.78, 5) is 28.7. The van der Waals surface area contributed by atoms with E-state index in [1.165, 1.54) is 11.1 Å². The van der Waals surface area contributed by atoms with Gasteiger partial charge in [0.15, 0.2) is 12.4 Å². The number of hydrogen-bond acceptors (Lipinski definition) is 9. The molecule has 44 heavy (non-hydrogen) atoms. The van der Waals surface area contributed by atoms with Gasteiger partial charge in [0.2, 0.25) is 0 Å². The van der Waals surface area contributed by atoms with Gasteiger partial charge in [-0.1, -0.05) is 19.9 Å². The Kier molecular flexibility index (Phi) is 9.39. The molecule has 10 nitrogen and oxygen atoms in total. The Labute approximate surface area is 253 Å². The lowest BCUT2D eigenvalue weighted by Gasteiger charge is -2.33. The molecule has 0 radical (unpaired) electrons. The lowest BCUT2D eigenvalue weighted by molar-refractivity contribution is -0.121. The van der Waals surface area contributed by atoms with Crippen molar-refractivity contribution in [2.75, 3.05) is 36.5 Å². The molecule has 4 heterocycles. The lowest BCUT2D eigenvalue weighted by Crippen LogP contribution is -2.41. The number of amides is 1. The van der Waals surface area contributed by atoms with Crippen LogP contribution < -0.4 is 15.0 Å². The van der Waals surface area contributed by atoms with E-state index in [4.69, 9.17) is 15.1 Å². The van der Waals surface area contributed by atoms with Crippen molar-refractivity contribution in [3.8, 4) is 22.9 Å². The highest BCUT2D eigenvalue weighted by atomic mass is 19.3. The van der Waals surface area contributed by atoms with Crippen molar-refractivity contribution in [3.05, 3.63) is 59.1 Å². The van der Waals surface area contributed by atoms with E-state index >= 15 is 0 Å². The van der Waals surface area contributed by atoms with Gasteiger partial charge in [-0.05, 0) is 42.9 Å². The van der Waals surface area contributed by atoms with Crippen LogP contribution in [0.1, 0.15) is 49.3 Å². The molecule has 3 aromatic rings. The number of hydrogen-bond donors (Lipinski definition) is 2. The molecule has 2 N–H and O–H groups in total. The van der Waals surface area contributed by atoms with Crippen LogP contribution in [0, 0.1) is 28.5 Å². The summed E-state index contributed by atoms with van der Waals surface area (Å²) in [6, 6.07) is 7.46. The minimum Gasteiger partial charge on any atom is -0.482 e. The molecule has 1 aromatic carbocycles. The molecule has 0 atom stereocenters. The van der Waals surface area contributed by atoms with Gasteiger partial charge in [-0.25, -0.2) is 28.1 Å². The highest BCUT2D eigenvalue weighted by Crippen LogP contribution is 2.40. The van der Waals surface area contributed by atoms with Gasteiger partial charge in [0, 0.05) is 36.5 Å². The summed E-state index contributed by atoms with van der Waals surface area (Å²) in [5, 5.41) is 22.1. The Morgan fingerprint density at radius 3 is 2.59 bits per heavy atom. The molecule has 0 bridgehead atoms. The third-order valence-electron chi connectivity index (χ3n) is 7.66. The van der Waals surface area contributed by atoms with Crippen molar-refractivity contribution in [1.82, 2.24) is 19.9 Å². The number of pyridine rings is 1. The molecule has 13 heteroatoms. The summed E-state index contributed by atoms with van der Waals surface area (Å²) < 4.78 is 44.9. The fraction of sp³-hybridized carbons (Fsp3) is 0.419. The SMILES string of the molecule is CC(C)Cc1nc(NC2CCN(CC(F)F)CC2)c(C=N)c(-c2ccc3c(c2)OCC(=O)N3Cc2ncc(F)cn2)c1C#N. The predicted molar refractivity (Wildman–Crippen MR) is 159 cm³/mol. The zero-order chi connectivity index (χ0) is 31.4. The monoisotopic (exact) mass is 606 g/mol. The van der Waals surface area contributed by atoms with Crippen LogP contribution in [0.25, 0.3) is 11.1 Å². The summed E-state index contributed by atoms with van der Waals surface area (Å²) in [5.41, 5.74) is 2.95. The van der Waals surface area contributed by atoms with Gasteiger partial charge in [-0.3, -0.25) is 14.6 Å². The number of nitrogens with zero attached hydrogens (tertiary/aromatic N) is 6. The minimum atomic E-state index is -2.38. The first-order valence-corrected chi connectivity index (χ1v) is 14.4. The second kappa shape index (κ2) is 13.4. The van der Waals surface area contributed by atoms with Gasteiger partial charge in [-0.2, -0.15) is 5.26 Å². The molecule has 0 spiro atoms. The zero-order valence-corrected chi connectivity index (χ0v) is 24.5. The van der Waals surface area contributed by atoms with Crippen LogP contribution in [-0.2, 0) is 17.8 Å². The maximum Gasteiger partial charge on any atom is 0.265 e. The number of benzene rings is 1. The average Bonchev–Trinajstić information content (AvgIpc) is 2.99.